The summed E-state index contributed by atoms with van der Waals surface area (Å²) in [5.41, 5.74) is 0.271. The number of benzene rings is 1. The van der Waals surface area contributed by atoms with Crippen molar-refractivity contribution in [3.05, 3.63) is 34.9 Å². The Morgan fingerprint density at radius 3 is 2.08 bits per heavy atom. The summed E-state index contributed by atoms with van der Waals surface area (Å²) in [6, 6.07) is 4.76. The molecule has 26 heavy (non-hydrogen) atoms. The predicted molar refractivity (Wildman–Crippen MR) is 101 cm³/mol. The molecule has 1 nitrogen and oxygen atoms in total. The van der Waals surface area contributed by atoms with Gasteiger partial charge in [0, 0.05) is 0 Å². The lowest BCUT2D eigenvalue weighted by molar-refractivity contribution is 0.133. The quantitative estimate of drug-likeness (QED) is 0.570. The molecule has 0 bridgehead atoms. The van der Waals surface area contributed by atoms with Gasteiger partial charge >= 0.3 is 0 Å². The minimum Gasteiger partial charge on any atom is -0.203 e. The highest BCUT2D eigenvalue weighted by atomic mass is 19.2. The maximum atomic E-state index is 14.3. The predicted octanol–water partition coefficient (Wildman–Crippen LogP) is 6.96. The van der Waals surface area contributed by atoms with Gasteiger partial charge in [0.1, 0.15) is 6.07 Å². The lowest BCUT2D eigenvalue weighted by Gasteiger charge is -2.39. The fourth-order valence-electron chi connectivity index (χ4n) is 5.43. The molecule has 1 atom stereocenters. The van der Waals surface area contributed by atoms with Crippen molar-refractivity contribution in [3.63, 3.8) is 0 Å². The van der Waals surface area contributed by atoms with Crippen molar-refractivity contribution in [1.82, 2.24) is 0 Å². The van der Waals surface area contributed by atoms with Gasteiger partial charge in [0.15, 0.2) is 11.6 Å². The van der Waals surface area contributed by atoms with Gasteiger partial charge in [-0.25, -0.2) is 8.78 Å². The van der Waals surface area contributed by atoms with Crippen LogP contribution in [-0.4, -0.2) is 0 Å². The second kappa shape index (κ2) is 8.51. The Kier molecular flexibility index (Phi) is 6.33. The summed E-state index contributed by atoms with van der Waals surface area (Å²) in [5.74, 6) is 1.56. The topological polar surface area (TPSA) is 23.8 Å². The first-order valence-electron chi connectivity index (χ1n) is 10.4. The first-order chi connectivity index (χ1) is 12.5. The molecule has 1 unspecified atom stereocenters. The molecule has 2 fully saturated rings. The van der Waals surface area contributed by atoms with Gasteiger partial charge in [0.2, 0.25) is 0 Å². The largest absolute Gasteiger partial charge is 0.203 e. The van der Waals surface area contributed by atoms with Crippen molar-refractivity contribution < 1.29 is 8.78 Å². The van der Waals surface area contributed by atoms with Gasteiger partial charge in [-0.1, -0.05) is 39.2 Å². The van der Waals surface area contributed by atoms with Gasteiger partial charge < -0.3 is 0 Å². The molecule has 3 rings (SSSR count). The number of rotatable bonds is 4. The van der Waals surface area contributed by atoms with Crippen molar-refractivity contribution in [2.24, 2.45) is 23.7 Å². The third-order valence-electron chi connectivity index (χ3n) is 7.40. The second-order valence-electron chi connectivity index (χ2n) is 8.60. The lowest BCUT2D eigenvalue weighted by Crippen LogP contribution is -2.28. The van der Waals surface area contributed by atoms with Gasteiger partial charge in [-0.3, -0.25) is 0 Å². The van der Waals surface area contributed by atoms with Crippen LogP contribution in [0.1, 0.15) is 88.7 Å². The van der Waals surface area contributed by atoms with Crippen LogP contribution in [0.4, 0.5) is 8.78 Å². The second-order valence-corrected chi connectivity index (χ2v) is 8.60. The van der Waals surface area contributed by atoms with Gasteiger partial charge in [0.25, 0.3) is 0 Å². The van der Waals surface area contributed by atoms with E-state index in [4.69, 9.17) is 5.26 Å². The first-order valence-corrected chi connectivity index (χ1v) is 10.4. The maximum Gasteiger partial charge on any atom is 0.176 e. The Bertz CT molecular complexity index is 647. The van der Waals surface area contributed by atoms with E-state index in [0.29, 0.717) is 5.56 Å². The van der Waals surface area contributed by atoms with Crippen molar-refractivity contribution in [2.75, 3.05) is 0 Å². The van der Waals surface area contributed by atoms with Gasteiger partial charge in [0.05, 0.1) is 5.56 Å². The first kappa shape index (κ1) is 19.3. The van der Waals surface area contributed by atoms with E-state index < -0.39 is 11.6 Å². The van der Waals surface area contributed by atoms with Crippen LogP contribution in [-0.2, 0) is 0 Å². The van der Waals surface area contributed by atoms with Gasteiger partial charge in [-0.15, -0.1) is 0 Å². The Morgan fingerprint density at radius 1 is 0.962 bits per heavy atom. The summed E-state index contributed by atoms with van der Waals surface area (Å²) in [7, 11) is 0. The van der Waals surface area contributed by atoms with Crippen LogP contribution in [0.15, 0.2) is 12.1 Å². The molecule has 1 aromatic carbocycles. The maximum absolute atomic E-state index is 14.3. The standard InChI is InChI=1S/C23H31F2N/c1-3-16-4-6-17(7-5-16)15(2)18-8-10-19(11-9-18)21-13-12-20(14-26)22(24)23(21)25/h12-13,15-19H,3-11H2,1-2H3/t15?,16?,17?,18-,19-. The van der Waals surface area contributed by atoms with Crippen LogP contribution < -0.4 is 0 Å². The molecule has 0 spiro atoms. The van der Waals surface area contributed by atoms with Crippen molar-refractivity contribution >= 4 is 0 Å². The van der Waals surface area contributed by atoms with Crippen LogP contribution in [0.3, 0.4) is 0 Å². The lowest BCUT2D eigenvalue weighted by atomic mass is 9.66. The molecule has 0 N–H and O–H groups in total. The van der Waals surface area contributed by atoms with Crippen LogP contribution in [0.5, 0.6) is 0 Å². The molecule has 1 aromatic rings. The Hall–Kier alpha value is -1.43. The number of halogens is 2. The SMILES string of the molecule is CCC1CCC(C(C)[C@H]2CC[C@H](c3ccc(C#N)c(F)c3F)CC2)CC1. The third kappa shape index (κ3) is 3.95. The van der Waals surface area contributed by atoms with Crippen molar-refractivity contribution in [1.29, 1.82) is 5.26 Å². The summed E-state index contributed by atoms with van der Waals surface area (Å²) in [4.78, 5) is 0. The van der Waals surface area contributed by atoms with Gasteiger partial charge in [-0.05, 0) is 79.7 Å². The highest BCUT2D eigenvalue weighted by Gasteiger charge is 2.33. The average molecular weight is 360 g/mol. The molecule has 0 aromatic heterocycles. The van der Waals surface area contributed by atoms with E-state index in [-0.39, 0.29) is 11.5 Å². The van der Waals surface area contributed by atoms with E-state index in [1.807, 2.05) is 0 Å². The zero-order chi connectivity index (χ0) is 18.7. The molecule has 0 amide bonds. The summed E-state index contributed by atoms with van der Waals surface area (Å²) < 4.78 is 28.3. The zero-order valence-corrected chi connectivity index (χ0v) is 16.1. The zero-order valence-electron chi connectivity index (χ0n) is 16.1. The summed E-state index contributed by atoms with van der Waals surface area (Å²) in [6.07, 6.45) is 10.9. The molecule has 0 heterocycles. The van der Waals surface area contributed by atoms with Crippen LogP contribution >= 0.6 is 0 Å². The minimum absolute atomic E-state index is 0.0940. The third-order valence-corrected chi connectivity index (χ3v) is 7.40. The van der Waals surface area contributed by atoms with Crippen LogP contribution in [0.25, 0.3) is 0 Å². The molecule has 0 saturated heterocycles. The Morgan fingerprint density at radius 2 is 1.54 bits per heavy atom. The molecule has 142 valence electrons. The molecule has 0 radical (unpaired) electrons. The fraction of sp³-hybridized carbons (Fsp3) is 0.696. The van der Waals surface area contributed by atoms with E-state index in [0.717, 1.165) is 49.4 Å². The van der Waals surface area contributed by atoms with E-state index >= 15 is 0 Å². The summed E-state index contributed by atoms with van der Waals surface area (Å²) >= 11 is 0. The number of nitriles is 1. The van der Waals surface area contributed by atoms with E-state index in [1.165, 1.54) is 38.2 Å². The van der Waals surface area contributed by atoms with E-state index in [1.54, 1.807) is 12.1 Å². The normalized spacial score (nSPS) is 30.6. The van der Waals surface area contributed by atoms with Crippen molar-refractivity contribution in [3.8, 4) is 6.07 Å². The van der Waals surface area contributed by atoms with Crippen LogP contribution in [0, 0.1) is 46.6 Å². The molecule has 0 aliphatic heterocycles. The average Bonchev–Trinajstić information content (AvgIpc) is 2.70. The highest BCUT2D eigenvalue weighted by molar-refractivity contribution is 5.36. The van der Waals surface area contributed by atoms with Crippen LogP contribution in [0.2, 0.25) is 0 Å². The summed E-state index contributed by atoms with van der Waals surface area (Å²) in [6.45, 7) is 4.73. The fourth-order valence-corrected chi connectivity index (χ4v) is 5.43. The van der Waals surface area contributed by atoms with E-state index in [2.05, 4.69) is 13.8 Å². The molecule has 2 saturated carbocycles. The molecule has 2 aliphatic rings. The van der Waals surface area contributed by atoms with E-state index in [9.17, 15) is 8.78 Å². The Labute approximate surface area is 156 Å². The number of hydrogen-bond acceptors (Lipinski definition) is 1. The van der Waals surface area contributed by atoms with Gasteiger partial charge in [-0.2, -0.15) is 5.26 Å². The monoisotopic (exact) mass is 359 g/mol. The smallest absolute Gasteiger partial charge is 0.176 e. The minimum atomic E-state index is -0.979. The molecular formula is C23H31F2N. The molecule has 3 heteroatoms. The van der Waals surface area contributed by atoms with Crippen molar-refractivity contribution in [2.45, 2.75) is 77.6 Å². The highest BCUT2D eigenvalue weighted by Crippen LogP contribution is 2.45. The number of nitrogens with zero attached hydrogens (tertiary/aromatic N) is 1. The molecular weight excluding hydrogens is 328 g/mol. The number of hydrogen-bond donors (Lipinski definition) is 0. The Balaban J connectivity index is 1.58. The molecule has 2 aliphatic carbocycles. The summed E-state index contributed by atoms with van der Waals surface area (Å²) in [5, 5.41) is 8.84.